The van der Waals surface area contributed by atoms with Crippen molar-refractivity contribution < 1.29 is 46.6 Å². The average Bonchev–Trinajstić information content (AvgIpc) is 3.05. The molecule has 288 valence electrons. The molecule has 0 aliphatic rings. The van der Waals surface area contributed by atoms with Crippen LogP contribution in [0.1, 0.15) is 194 Å². The van der Waals surface area contributed by atoms with Gasteiger partial charge in [-0.1, -0.05) is 168 Å². The fraction of sp³-hybridized carbons (Fsp3) is 0.946. The van der Waals surface area contributed by atoms with Crippen molar-refractivity contribution in [1.29, 1.82) is 0 Å². The summed E-state index contributed by atoms with van der Waals surface area (Å²) in [5, 5.41) is 10.9. The number of aliphatic hydroxyl groups excluding tert-OH is 1. The number of carbonyl (C=O) groups excluding carboxylic acids is 2. The van der Waals surface area contributed by atoms with Crippen LogP contribution in [0.3, 0.4) is 0 Å². The van der Waals surface area contributed by atoms with Crippen LogP contribution in [-0.4, -0.2) is 63.1 Å². The Labute approximate surface area is 295 Å². The van der Waals surface area contributed by atoms with Gasteiger partial charge >= 0.3 is 11.9 Å². The van der Waals surface area contributed by atoms with Crippen LogP contribution in [0.25, 0.3) is 0 Å². The van der Waals surface area contributed by atoms with E-state index in [9.17, 15) is 22.6 Å². The van der Waals surface area contributed by atoms with Crippen LogP contribution in [-0.2, 0) is 33.6 Å². The largest absolute Gasteiger partial charge is 0.726 e. The highest BCUT2D eigenvalue weighted by Gasteiger charge is 2.20. The summed E-state index contributed by atoms with van der Waals surface area (Å²) in [6.45, 7) is 5.38. The normalized spacial score (nSPS) is 11.4. The van der Waals surface area contributed by atoms with E-state index < -0.39 is 16.7 Å². The summed E-state index contributed by atoms with van der Waals surface area (Å²) in [4.78, 5) is 24.8. The van der Waals surface area contributed by atoms with E-state index in [4.69, 9.17) is 14.6 Å². The van der Waals surface area contributed by atoms with Gasteiger partial charge in [-0.2, -0.15) is 0 Å². The van der Waals surface area contributed by atoms with E-state index in [1.165, 1.54) is 128 Å². The molecule has 0 radical (unpaired) electrons. The van der Waals surface area contributed by atoms with Crippen LogP contribution in [0.4, 0.5) is 0 Å². The van der Waals surface area contributed by atoms with Gasteiger partial charge in [0.05, 0.1) is 20.3 Å². The maximum atomic E-state index is 12.4. The van der Waals surface area contributed by atoms with Crippen LogP contribution in [0.2, 0.25) is 0 Å². The molecule has 0 aromatic rings. The van der Waals surface area contributed by atoms with Crippen molar-refractivity contribution in [2.24, 2.45) is 0 Å². The zero-order valence-electron chi connectivity index (χ0n) is 31.2. The second kappa shape index (κ2) is 38.5. The summed E-state index contributed by atoms with van der Waals surface area (Å²) in [6.07, 6.45) is 32.7. The zero-order valence-corrected chi connectivity index (χ0v) is 32.0. The predicted molar refractivity (Wildman–Crippen MR) is 192 cm³/mol. The van der Waals surface area contributed by atoms with Gasteiger partial charge in [0.25, 0.3) is 6.29 Å². The fourth-order valence-electron chi connectivity index (χ4n) is 5.45. The lowest BCUT2D eigenvalue weighted by Crippen LogP contribution is -2.87. The van der Waals surface area contributed by atoms with E-state index in [0.717, 1.165) is 45.6 Å². The summed E-state index contributed by atoms with van der Waals surface area (Å²) < 4.78 is 42.0. The van der Waals surface area contributed by atoms with Crippen molar-refractivity contribution in [3.63, 3.8) is 0 Å². The van der Waals surface area contributed by atoms with Gasteiger partial charge in [-0.15, -0.1) is 0 Å². The molecule has 0 fully saturated rings. The first kappa shape index (κ1) is 48.8. The molecule has 0 spiro atoms. The molecule has 0 unspecified atom stereocenters. The fourth-order valence-corrected chi connectivity index (χ4v) is 5.45. The summed E-state index contributed by atoms with van der Waals surface area (Å²) >= 11 is 0. The van der Waals surface area contributed by atoms with E-state index in [1.54, 1.807) is 0 Å². The number of hydrogen-bond acceptors (Lipinski definition) is 9. The van der Waals surface area contributed by atoms with Crippen LogP contribution < -0.4 is 5.32 Å². The number of rotatable bonds is 35. The molecular formula is C37H75NO9S. The van der Waals surface area contributed by atoms with Gasteiger partial charge in [-0.25, -0.2) is 8.42 Å². The number of carbonyl (C=O) groups is 2. The van der Waals surface area contributed by atoms with Crippen LogP contribution in [0.15, 0.2) is 0 Å². The average molecular weight is 710 g/mol. The van der Waals surface area contributed by atoms with Crippen molar-refractivity contribution in [1.82, 2.24) is 0 Å². The van der Waals surface area contributed by atoms with E-state index in [1.807, 2.05) is 5.32 Å². The van der Waals surface area contributed by atoms with Crippen molar-refractivity contribution in [2.45, 2.75) is 200 Å². The van der Waals surface area contributed by atoms with Gasteiger partial charge in [-0.05, 0) is 12.8 Å². The molecule has 0 aromatic heterocycles. The molecule has 0 aliphatic heterocycles. The Morgan fingerprint density at radius 2 is 0.854 bits per heavy atom. The molecule has 0 atom stereocenters. The van der Waals surface area contributed by atoms with Gasteiger partial charge in [0, 0.05) is 12.8 Å². The van der Waals surface area contributed by atoms with E-state index in [0.29, 0.717) is 25.9 Å². The molecule has 0 heterocycles. The summed E-state index contributed by atoms with van der Waals surface area (Å²) in [5.41, 5.74) is 0. The van der Waals surface area contributed by atoms with Crippen LogP contribution >= 0.6 is 0 Å². The second-order valence-corrected chi connectivity index (χ2v) is 14.2. The maximum Gasteiger partial charge on any atom is 0.309 e. The van der Waals surface area contributed by atoms with E-state index >= 15 is 0 Å². The van der Waals surface area contributed by atoms with Crippen molar-refractivity contribution >= 4 is 22.3 Å². The topological polar surface area (TPSA) is 156 Å². The molecule has 0 amide bonds. The minimum atomic E-state index is -4.41. The molecule has 0 bridgehead atoms. The van der Waals surface area contributed by atoms with Gasteiger partial charge in [0.2, 0.25) is 10.4 Å². The highest BCUT2D eigenvalue weighted by Crippen LogP contribution is 2.15. The molecule has 11 heteroatoms. The quantitative estimate of drug-likeness (QED) is 0.0219. The number of aliphatic hydroxyl groups is 1. The number of ether oxygens (including phenoxy) is 2. The predicted octanol–water partition coefficient (Wildman–Crippen LogP) is 8.01. The molecule has 0 saturated heterocycles. The van der Waals surface area contributed by atoms with E-state index in [2.05, 4.69) is 18.0 Å². The minimum absolute atomic E-state index is 0.0343. The summed E-state index contributed by atoms with van der Waals surface area (Å²) in [5.74, 6) is -0.594. The summed E-state index contributed by atoms with van der Waals surface area (Å²) in [7, 11) is -3.60. The third-order valence-electron chi connectivity index (χ3n) is 8.39. The highest BCUT2D eigenvalue weighted by atomic mass is 32.3. The molecule has 48 heavy (non-hydrogen) atoms. The maximum absolute atomic E-state index is 12.4. The Morgan fingerprint density at radius 3 is 1.10 bits per heavy atom. The SMILES string of the molecule is CCCCCCCCCCCCCCCC(=O)OC(C[NH2+]CCO)OC(=O)CCCCCCCCCCCCCCC.COS(=O)(=O)[O-]. The van der Waals surface area contributed by atoms with Crippen LogP contribution in [0, 0.1) is 0 Å². The minimum Gasteiger partial charge on any atom is -0.726 e. The molecule has 3 N–H and O–H groups in total. The Bertz CT molecular complexity index is 752. The highest BCUT2D eigenvalue weighted by molar-refractivity contribution is 7.80. The second-order valence-electron chi connectivity index (χ2n) is 13.0. The zero-order chi connectivity index (χ0) is 36.0. The molecule has 0 aliphatic carbocycles. The lowest BCUT2D eigenvalue weighted by molar-refractivity contribution is -0.667. The lowest BCUT2D eigenvalue weighted by atomic mass is 10.0. The molecule has 10 nitrogen and oxygen atoms in total. The Hall–Kier alpha value is -1.27. The Balaban J connectivity index is 0. The molecule has 0 rings (SSSR count). The van der Waals surface area contributed by atoms with Gasteiger partial charge in [0.1, 0.15) is 0 Å². The number of quaternary nitrogens is 1. The van der Waals surface area contributed by atoms with Gasteiger partial charge in [0.15, 0.2) is 6.54 Å². The number of esters is 2. The number of hydrogen-bond donors (Lipinski definition) is 2. The smallest absolute Gasteiger partial charge is 0.309 e. The third-order valence-corrected chi connectivity index (χ3v) is 8.80. The first-order valence-corrected chi connectivity index (χ1v) is 20.9. The van der Waals surface area contributed by atoms with Gasteiger partial charge < -0.3 is 24.4 Å². The molecule has 0 saturated carbocycles. The standard InChI is InChI=1S/C36H71NO5.CH4O4S/c1-3-5-7-9-11-13-15-17-19-21-23-25-27-29-34(39)41-36(33-37-31-32-38)42-35(40)30-28-26-24-22-20-18-16-14-12-10-8-6-4-2;1-5-6(2,3)4/h36-38H,3-33H2,1-2H3;1H3,(H,2,3,4). The van der Waals surface area contributed by atoms with Crippen molar-refractivity contribution in [3.05, 3.63) is 0 Å². The summed E-state index contributed by atoms with van der Waals surface area (Å²) in [6, 6.07) is 0. The lowest BCUT2D eigenvalue weighted by Gasteiger charge is -2.17. The van der Waals surface area contributed by atoms with E-state index in [-0.39, 0.29) is 18.5 Å². The number of nitrogens with two attached hydrogens (primary N) is 1. The monoisotopic (exact) mass is 710 g/mol. The van der Waals surface area contributed by atoms with Crippen LogP contribution in [0.5, 0.6) is 0 Å². The first-order valence-electron chi connectivity index (χ1n) is 19.5. The van der Waals surface area contributed by atoms with Gasteiger partial charge in [-0.3, -0.25) is 13.8 Å². The van der Waals surface area contributed by atoms with Crippen molar-refractivity contribution in [3.8, 4) is 0 Å². The Morgan fingerprint density at radius 1 is 0.583 bits per heavy atom. The molecular weight excluding hydrogens is 634 g/mol. The van der Waals surface area contributed by atoms with Crippen molar-refractivity contribution in [2.75, 3.05) is 26.8 Å². The Kier molecular flexibility index (Phi) is 39.2. The number of unbranched alkanes of at least 4 members (excludes halogenated alkanes) is 24. The molecule has 0 aromatic carbocycles. The third kappa shape index (κ3) is 42.8. The first-order chi connectivity index (χ1) is 23.2.